The van der Waals surface area contributed by atoms with Crippen molar-refractivity contribution in [3.05, 3.63) is 71.8 Å². The first-order valence-electron chi connectivity index (χ1n) is 9.02. The van der Waals surface area contributed by atoms with Crippen molar-refractivity contribution in [3.8, 4) is 5.75 Å². The van der Waals surface area contributed by atoms with Gasteiger partial charge in [-0.25, -0.2) is 0 Å². The second kappa shape index (κ2) is 7.13. The molecule has 1 heterocycles. The van der Waals surface area contributed by atoms with Gasteiger partial charge in [0.2, 0.25) is 0 Å². The number of methoxy groups -OCH3 is 1. The number of fused-ring (bicyclic) bond motifs is 1. The van der Waals surface area contributed by atoms with Crippen LogP contribution in [0.5, 0.6) is 5.75 Å². The largest absolute Gasteiger partial charge is 0.497 e. The van der Waals surface area contributed by atoms with Crippen LogP contribution in [-0.2, 0) is 0 Å². The third-order valence-electron chi connectivity index (χ3n) is 5.49. The maximum atomic E-state index is 5.34. The maximum absolute atomic E-state index is 5.34. The van der Waals surface area contributed by atoms with Crippen molar-refractivity contribution >= 4 is 29.3 Å². The van der Waals surface area contributed by atoms with Gasteiger partial charge >= 0.3 is 0 Å². The van der Waals surface area contributed by atoms with Crippen molar-refractivity contribution in [2.24, 2.45) is 5.92 Å². The Morgan fingerprint density at radius 2 is 1.80 bits per heavy atom. The fraction of sp³-hybridized carbons (Fsp3) is 0.364. The van der Waals surface area contributed by atoms with Gasteiger partial charge in [0.05, 0.1) is 11.2 Å². The molecule has 0 bridgehead atoms. The molecule has 0 radical (unpaired) electrons. The van der Waals surface area contributed by atoms with Crippen molar-refractivity contribution < 1.29 is 4.74 Å². The average Bonchev–Trinajstić information content (AvgIpc) is 2.67. The van der Waals surface area contributed by atoms with E-state index < -0.39 is 0 Å². The molecule has 1 saturated carbocycles. The Hall–Kier alpha value is -1.32. The Balaban J connectivity index is 1.77. The minimum absolute atomic E-state index is 0.0305. The molecule has 25 heavy (non-hydrogen) atoms. The summed E-state index contributed by atoms with van der Waals surface area (Å²) in [6.45, 7) is 0. The topological polar surface area (TPSA) is 9.23 Å². The highest BCUT2D eigenvalue weighted by atomic mass is 32.2. The highest BCUT2D eigenvalue weighted by Crippen LogP contribution is 2.60. The number of rotatable bonds is 3. The summed E-state index contributed by atoms with van der Waals surface area (Å²) in [6.07, 6.45) is 7.51. The van der Waals surface area contributed by atoms with Crippen molar-refractivity contribution in [2.75, 3.05) is 7.11 Å². The summed E-state index contributed by atoms with van der Waals surface area (Å²) in [5.41, 5.74) is 2.68. The molecule has 2 aromatic rings. The van der Waals surface area contributed by atoms with Crippen LogP contribution in [0.25, 0.3) is 4.91 Å². The molecule has 3 atom stereocenters. The van der Waals surface area contributed by atoms with Gasteiger partial charge in [-0.1, -0.05) is 61.4 Å². The SMILES string of the molecule is COc1ccc([C@@H]2C=C(c3ccccc3)S[C@]3(S)CCCC[C@H]23)cc1. The van der Waals surface area contributed by atoms with Gasteiger partial charge in [-0.15, -0.1) is 11.8 Å². The van der Waals surface area contributed by atoms with Crippen LogP contribution in [0.1, 0.15) is 42.7 Å². The van der Waals surface area contributed by atoms with Gasteiger partial charge in [0, 0.05) is 10.8 Å². The zero-order valence-electron chi connectivity index (χ0n) is 14.5. The molecule has 0 saturated heterocycles. The first-order chi connectivity index (χ1) is 12.2. The Kier molecular flexibility index (Phi) is 4.88. The van der Waals surface area contributed by atoms with Crippen LogP contribution in [0.2, 0.25) is 0 Å². The molecule has 0 unspecified atom stereocenters. The molecule has 1 fully saturated rings. The lowest BCUT2D eigenvalue weighted by Gasteiger charge is -2.47. The lowest BCUT2D eigenvalue weighted by molar-refractivity contribution is 0.322. The Morgan fingerprint density at radius 1 is 1.04 bits per heavy atom. The third kappa shape index (κ3) is 3.37. The van der Waals surface area contributed by atoms with Crippen molar-refractivity contribution in [1.82, 2.24) is 0 Å². The molecule has 0 aromatic heterocycles. The van der Waals surface area contributed by atoms with Gasteiger partial charge < -0.3 is 4.74 Å². The van der Waals surface area contributed by atoms with Crippen LogP contribution >= 0.6 is 24.4 Å². The summed E-state index contributed by atoms with van der Waals surface area (Å²) < 4.78 is 5.37. The van der Waals surface area contributed by atoms with Crippen LogP contribution in [0.15, 0.2) is 60.7 Å². The van der Waals surface area contributed by atoms with E-state index in [4.69, 9.17) is 17.4 Å². The van der Waals surface area contributed by atoms with Gasteiger partial charge in [0.1, 0.15) is 5.75 Å². The smallest absolute Gasteiger partial charge is 0.118 e. The predicted molar refractivity (Wildman–Crippen MR) is 111 cm³/mol. The molecule has 1 aliphatic heterocycles. The summed E-state index contributed by atoms with van der Waals surface area (Å²) in [4.78, 5) is 1.37. The number of hydrogen-bond acceptors (Lipinski definition) is 3. The summed E-state index contributed by atoms with van der Waals surface area (Å²) in [6, 6.07) is 19.4. The van der Waals surface area contributed by atoms with Crippen molar-refractivity contribution in [2.45, 2.75) is 35.7 Å². The van der Waals surface area contributed by atoms with Crippen LogP contribution in [0.4, 0.5) is 0 Å². The number of thioether (sulfide) groups is 1. The standard InChI is InChI=1S/C22H24OS2/c1-23-18-12-10-16(11-13-18)19-15-21(17-7-3-2-4-8-17)25-22(24)14-6-5-9-20(19)22/h2-4,7-8,10-13,15,19-20,24H,5-6,9,14H2,1H3/t19-,20+,22+/m0/s1. The van der Waals surface area contributed by atoms with E-state index in [0.717, 1.165) is 5.75 Å². The third-order valence-corrected chi connectivity index (χ3v) is 7.77. The van der Waals surface area contributed by atoms with Gasteiger partial charge in [-0.2, -0.15) is 12.6 Å². The van der Waals surface area contributed by atoms with Gasteiger partial charge in [0.25, 0.3) is 0 Å². The normalized spacial score (nSPS) is 28.8. The zero-order valence-corrected chi connectivity index (χ0v) is 16.2. The molecule has 2 aromatic carbocycles. The van der Waals surface area contributed by atoms with E-state index in [1.54, 1.807) is 7.11 Å². The summed E-state index contributed by atoms with van der Waals surface area (Å²) in [5, 5.41) is 0. The molecule has 0 spiro atoms. The number of ether oxygens (including phenoxy) is 1. The van der Waals surface area contributed by atoms with Crippen molar-refractivity contribution in [3.63, 3.8) is 0 Å². The monoisotopic (exact) mass is 368 g/mol. The lowest BCUT2D eigenvalue weighted by Crippen LogP contribution is -2.38. The Morgan fingerprint density at radius 3 is 2.52 bits per heavy atom. The van der Waals surface area contributed by atoms with E-state index in [-0.39, 0.29) is 4.08 Å². The quantitative estimate of drug-likeness (QED) is 0.629. The number of hydrogen-bond donors (Lipinski definition) is 1. The van der Waals surface area contributed by atoms with Crippen LogP contribution in [-0.4, -0.2) is 11.2 Å². The molecule has 1 nitrogen and oxygen atoms in total. The summed E-state index contributed by atoms with van der Waals surface area (Å²) >= 11 is 7.21. The fourth-order valence-electron chi connectivity index (χ4n) is 4.16. The highest BCUT2D eigenvalue weighted by Gasteiger charge is 2.46. The van der Waals surface area contributed by atoms with E-state index in [1.807, 2.05) is 11.8 Å². The number of thiol groups is 1. The predicted octanol–water partition coefficient (Wildman–Crippen LogP) is 6.38. The number of allylic oxidation sites excluding steroid dienone is 1. The first-order valence-corrected chi connectivity index (χ1v) is 10.3. The highest BCUT2D eigenvalue weighted by molar-refractivity contribution is 8.18. The first kappa shape index (κ1) is 17.1. The minimum Gasteiger partial charge on any atom is -0.497 e. The fourth-order valence-corrected chi connectivity index (χ4v) is 6.41. The Labute approximate surface area is 160 Å². The van der Waals surface area contributed by atoms with Gasteiger partial charge in [-0.3, -0.25) is 0 Å². The van der Waals surface area contributed by atoms with E-state index >= 15 is 0 Å². The molecule has 0 N–H and O–H groups in total. The number of benzene rings is 2. The van der Waals surface area contributed by atoms with E-state index in [9.17, 15) is 0 Å². The van der Waals surface area contributed by atoms with E-state index in [0.29, 0.717) is 11.8 Å². The molecular weight excluding hydrogens is 344 g/mol. The van der Waals surface area contributed by atoms with Gasteiger partial charge in [0.15, 0.2) is 0 Å². The van der Waals surface area contributed by atoms with Crippen molar-refractivity contribution in [1.29, 1.82) is 0 Å². The molecule has 4 rings (SSSR count). The Bertz CT molecular complexity index is 753. The average molecular weight is 369 g/mol. The summed E-state index contributed by atoms with van der Waals surface area (Å²) in [7, 11) is 1.72. The second-order valence-electron chi connectivity index (χ2n) is 7.00. The van der Waals surface area contributed by atoms with Crippen LogP contribution in [0.3, 0.4) is 0 Å². The van der Waals surface area contributed by atoms with E-state index in [1.165, 1.54) is 41.7 Å². The van der Waals surface area contributed by atoms with Crippen LogP contribution < -0.4 is 4.74 Å². The van der Waals surface area contributed by atoms with Crippen LogP contribution in [0, 0.1) is 5.92 Å². The molecule has 0 amide bonds. The second-order valence-corrected chi connectivity index (χ2v) is 9.47. The lowest BCUT2D eigenvalue weighted by atomic mass is 9.75. The van der Waals surface area contributed by atoms with Gasteiger partial charge in [-0.05, 0) is 42.0 Å². The molecule has 130 valence electrons. The maximum Gasteiger partial charge on any atom is 0.118 e. The molecule has 1 aliphatic carbocycles. The summed E-state index contributed by atoms with van der Waals surface area (Å²) in [5.74, 6) is 1.91. The zero-order chi connectivity index (χ0) is 17.3. The molecule has 3 heteroatoms. The van der Waals surface area contributed by atoms with E-state index in [2.05, 4.69) is 60.7 Å². The molecule has 2 aliphatic rings. The minimum atomic E-state index is 0.0305. The molecular formula is C22H24OS2.